The fourth-order valence-corrected chi connectivity index (χ4v) is 3.09. The minimum atomic E-state index is -1.07. The first-order valence-corrected chi connectivity index (χ1v) is 8.85. The third-order valence-corrected chi connectivity index (χ3v) is 4.51. The van der Waals surface area contributed by atoms with Crippen LogP contribution in [-0.4, -0.2) is 34.8 Å². The average molecular weight is 368 g/mol. The number of ether oxygens (including phenoxy) is 1. The van der Waals surface area contributed by atoms with Crippen LogP contribution in [0.5, 0.6) is 0 Å². The maximum absolute atomic E-state index is 13.0. The Morgan fingerprint density at radius 1 is 1.00 bits per heavy atom. The Labute approximate surface area is 156 Å². The first-order chi connectivity index (χ1) is 13.1. The van der Waals surface area contributed by atoms with Gasteiger partial charge in [-0.3, -0.25) is 14.9 Å². The number of piperidine rings is 1. The number of carbonyl (C=O) groups is 2. The van der Waals surface area contributed by atoms with Crippen LogP contribution in [-0.2, 0) is 9.53 Å². The van der Waals surface area contributed by atoms with Crippen LogP contribution < -0.4 is 0 Å². The highest BCUT2D eigenvalue weighted by Crippen LogP contribution is 2.24. The summed E-state index contributed by atoms with van der Waals surface area (Å²) < 4.78 is 5.52. The van der Waals surface area contributed by atoms with Crippen molar-refractivity contribution >= 4 is 17.6 Å². The molecule has 0 bridgehead atoms. The van der Waals surface area contributed by atoms with Gasteiger partial charge in [-0.25, -0.2) is 4.79 Å². The molecule has 1 aliphatic rings. The maximum atomic E-state index is 13.0. The molecule has 1 fully saturated rings. The topological polar surface area (TPSA) is 89.8 Å². The molecule has 1 saturated heterocycles. The van der Waals surface area contributed by atoms with Crippen molar-refractivity contribution in [3.63, 3.8) is 0 Å². The number of esters is 1. The molecule has 0 spiro atoms. The third-order valence-electron chi connectivity index (χ3n) is 4.51. The van der Waals surface area contributed by atoms with Crippen molar-refractivity contribution < 1.29 is 19.2 Å². The second kappa shape index (κ2) is 8.44. The minimum Gasteiger partial charge on any atom is -0.444 e. The number of carbonyl (C=O) groups excluding carboxylic acids is 2. The number of rotatable bonds is 5. The Kier molecular flexibility index (Phi) is 5.80. The van der Waals surface area contributed by atoms with Gasteiger partial charge >= 0.3 is 5.97 Å². The number of hydrogen-bond acceptors (Lipinski definition) is 5. The van der Waals surface area contributed by atoms with E-state index in [-0.39, 0.29) is 17.2 Å². The van der Waals surface area contributed by atoms with Crippen molar-refractivity contribution in [1.29, 1.82) is 0 Å². The van der Waals surface area contributed by atoms with Crippen LogP contribution in [0, 0.1) is 10.1 Å². The summed E-state index contributed by atoms with van der Waals surface area (Å²) in [6.45, 7) is 1.27. The Hall–Kier alpha value is -3.22. The summed E-state index contributed by atoms with van der Waals surface area (Å²) in [5.41, 5.74) is 0.409. The van der Waals surface area contributed by atoms with Gasteiger partial charge in [-0.15, -0.1) is 0 Å². The summed E-state index contributed by atoms with van der Waals surface area (Å²) in [6.07, 6.45) is 1.85. The SMILES string of the molecule is O=C(O[C@@H](C(=O)N1CCCCC1)c1ccccc1)c1cccc([N+](=O)[O-])c1. The molecule has 140 valence electrons. The molecule has 27 heavy (non-hydrogen) atoms. The second-order valence-corrected chi connectivity index (χ2v) is 6.39. The zero-order valence-electron chi connectivity index (χ0n) is 14.7. The molecule has 0 radical (unpaired) electrons. The largest absolute Gasteiger partial charge is 0.444 e. The fraction of sp³-hybridized carbons (Fsp3) is 0.300. The Morgan fingerprint density at radius 3 is 2.37 bits per heavy atom. The van der Waals surface area contributed by atoms with E-state index in [9.17, 15) is 19.7 Å². The molecule has 2 aromatic carbocycles. The second-order valence-electron chi connectivity index (χ2n) is 6.39. The third kappa shape index (κ3) is 4.49. The highest BCUT2D eigenvalue weighted by Gasteiger charge is 2.30. The lowest BCUT2D eigenvalue weighted by molar-refractivity contribution is -0.384. The minimum absolute atomic E-state index is 0.0385. The smallest absolute Gasteiger partial charge is 0.339 e. The van der Waals surface area contributed by atoms with Crippen molar-refractivity contribution in [2.45, 2.75) is 25.4 Å². The van der Waals surface area contributed by atoms with Crippen molar-refractivity contribution in [3.8, 4) is 0 Å². The summed E-state index contributed by atoms with van der Waals surface area (Å²) in [6, 6.07) is 14.1. The van der Waals surface area contributed by atoms with Crippen LogP contribution >= 0.6 is 0 Å². The van der Waals surface area contributed by atoms with Gasteiger partial charge in [0.25, 0.3) is 11.6 Å². The Balaban J connectivity index is 1.85. The normalized spacial score (nSPS) is 15.0. The zero-order valence-corrected chi connectivity index (χ0v) is 14.7. The van der Waals surface area contributed by atoms with Crippen LogP contribution in [0.25, 0.3) is 0 Å². The van der Waals surface area contributed by atoms with Crippen LogP contribution in [0.3, 0.4) is 0 Å². The van der Waals surface area contributed by atoms with Gasteiger partial charge in [0.05, 0.1) is 10.5 Å². The Morgan fingerprint density at radius 2 is 1.70 bits per heavy atom. The van der Waals surface area contributed by atoms with E-state index in [4.69, 9.17) is 4.74 Å². The van der Waals surface area contributed by atoms with E-state index in [0.29, 0.717) is 18.7 Å². The van der Waals surface area contributed by atoms with E-state index in [1.807, 2.05) is 6.07 Å². The lowest BCUT2D eigenvalue weighted by atomic mass is 10.1. The van der Waals surface area contributed by atoms with Gasteiger partial charge in [-0.1, -0.05) is 36.4 Å². The van der Waals surface area contributed by atoms with E-state index >= 15 is 0 Å². The van der Waals surface area contributed by atoms with Crippen LogP contribution in [0.4, 0.5) is 5.69 Å². The van der Waals surface area contributed by atoms with Crippen molar-refractivity contribution in [3.05, 3.63) is 75.8 Å². The highest BCUT2D eigenvalue weighted by molar-refractivity contribution is 5.93. The number of nitrogens with zero attached hydrogens (tertiary/aromatic N) is 2. The number of non-ortho nitro benzene ring substituents is 1. The lowest BCUT2D eigenvalue weighted by Crippen LogP contribution is -2.40. The summed E-state index contributed by atoms with van der Waals surface area (Å²) in [4.78, 5) is 37.6. The number of hydrogen-bond donors (Lipinski definition) is 0. The summed E-state index contributed by atoms with van der Waals surface area (Å²) >= 11 is 0. The van der Waals surface area contributed by atoms with Gasteiger partial charge in [-0.2, -0.15) is 0 Å². The van der Waals surface area contributed by atoms with Crippen molar-refractivity contribution in [2.24, 2.45) is 0 Å². The molecule has 0 unspecified atom stereocenters. The number of benzene rings is 2. The number of nitro groups is 1. The van der Waals surface area contributed by atoms with Gasteiger partial charge in [-0.05, 0) is 25.3 Å². The molecule has 0 aliphatic carbocycles. The number of nitro benzene ring substituents is 1. The van der Waals surface area contributed by atoms with E-state index in [2.05, 4.69) is 0 Å². The molecule has 1 amide bonds. The van der Waals surface area contributed by atoms with Crippen molar-refractivity contribution in [2.75, 3.05) is 13.1 Å². The van der Waals surface area contributed by atoms with Gasteiger partial charge in [0, 0.05) is 30.8 Å². The quantitative estimate of drug-likeness (QED) is 0.458. The highest BCUT2D eigenvalue weighted by atomic mass is 16.6. The van der Waals surface area contributed by atoms with Crippen LogP contribution in [0.2, 0.25) is 0 Å². The average Bonchev–Trinajstić information content (AvgIpc) is 2.72. The van der Waals surface area contributed by atoms with Gasteiger partial charge in [0.2, 0.25) is 6.10 Å². The van der Waals surface area contributed by atoms with E-state index < -0.39 is 17.0 Å². The summed E-state index contributed by atoms with van der Waals surface area (Å²) in [7, 11) is 0. The molecule has 3 rings (SSSR count). The first kappa shape index (κ1) is 18.6. The maximum Gasteiger partial charge on any atom is 0.339 e. The van der Waals surface area contributed by atoms with E-state index in [1.165, 1.54) is 18.2 Å². The summed E-state index contributed by atoms with van der Waals surface area (Å²) in [5.74, 6) is -1.03. The monoisotopic (exact) mass is 368 g/mol. The van der Waals surface area contributed by atoms with Gasteiger partial charge < -0.3 is 9.64 Å². The number of amides is 1. The van der Waals surface area contributed by atoms with Crippen molar-refractivity contribution in [1.82, 2.24) is 4.90 Å². The van der Waals surface area contributed by atoms with E-state index in [0.717, 1.165) is 25.3 Å². The zero-order chi connectivity index (χ0) is 19.2. The molecule has 1 aliphatic heterocycles. The predicted octanol–water partition coefficient (Wildman–Crippen LogP) is 3.51. The molecule has 0 N–H and O–H groups in total. The van der Waals surface area contributed by atoms with Crippen LogP contribution in [0.15, 0.2) is 54.6 Å². The molecule has 7 nitrogen and oxygen atoms in total. The molecule has 1 atom stereocenters. The molecule has 0 saturated carbocycles. The molecule has 0 aromatic heterocycles. The standard InChI is InChI=1S/C20H20N2O5/c23-19(21-12-5-2-6-13-21)18(15-8-3-1-4-9-15)27-20(24)16-10-7-11-17(14-16)22(25)26/h1,3-4,7-11,14,18H,2,5-6,12-13H2/t18-/m1/s1. The molecular weight excluding hydrogens is 348 g/mol. The van der Waals surface area contributed by atoms with Crippen LogP contribution in [0.1, 0.15) is 41.3 Å². The number of likely N-dealkylation sites (tertiary alicyclic amines) is 1. The molecule has 1 heterocycles. The molecule has 7 heteroatoms. The van der Waals surface area contributed by atoms with Gasteiger partial charge in [0.1, 0.15) is 0 Å². The fourth-order valence-electron chi connectivity index (χ4n) is 3.09. The first-order valence-electron chi connectivity index (χ1n) is 8.85. The predicted molar refractivity (Wildman–Crippen MR) is 98.1 cm³/mol. The Bertz CT molecular complexity index is 831. The van der Waals surface area contributed by atoms with E-state index in [1.54, 1.807) is 29.2 Å². The lowest BCUT2D eigenvalue weighted by Gasteiger charge is -2.30. The molecular formula is C20H20N2O5. The van der Waals surface area contributed by atoms with Gasteiger partial charge in [0.15, 0.2) is 0 Å². The summed E-state index contributed by atoms with van der Waals surface area (Å²) in [5, 5.41) is 10.9. The molecule has 2 aromatic rings.